The summed E-state index contributed by atoms with van der Waals surface area (Å²) in [6.07, 6.45) is 3.83. The fourth-order valence-electron chi connectivity index (χ4n) is 2.81. The molecule has 0 radical (unpaired) electrons. The second-order valence-corrected chi connectivity index (χ2v) is 6.33. The van der Waals surface area contributed by atoms with Gasteiger partial charge in [-0.15, -0.1) is 0 Å². The minimum atomic E-state index is 0.308. The van der Waals surface area contributed by atoms with E-state index in [1.165, 1.54) is 0 Å². The molecule has 0 aromatic carbocycles. The predicted octanol–water partition coefficient (Wildman–Crippen LogP) is 2.98. The van der Waals surface area contributed by atoms with Gasteiger partial charge in [0.05, 0.1) is 11.4 Å². The van der Waals surface area contributed by atoms with Crippen LogP contribution in [0, 0.1) is 13.8 Å². The Morgan fingerprint density at radius 2 is 1.91 bits per heavy atom. The summed E-state index contributed by atoms with van der Waals surface area (Å²) in [5.41, 5.74) is 1.95. The quantitative estimate of drug-likeness (QED) is 0.868. The highest BCUT2D eigenvalue weighted by Gasteiger charge is 2.27. The Hall–Kier alpha value is -1.98. The Morgan fingerprint density at radius 3 is 2.55 bits per heavy atom. The Morgan fingerprint density at radius 1 is 1.18 bits per heavy atom. The first kappa shape index (κ1) is 14.9. The van der Waals surface area contributed by atoms with Gasteiger partial charge in [0.25, 0.3) is 0 Å². The lowest BCUT2D eigenvalue weighted by atomic mass is 9.96. The lowest BCUT2D eigenvalue weighted by molar-refractivity contribution is 0.325. The number of anilines is 1. The van der Waals surface area contributed by atoms with Crippen LogP contribution in [0.25, 0.3) is 0 Å². The summed E-state index contributed by atoms with van der Waals surface area (Å²) in [5.74, 6) is 3.26. The third-order valence-corrected chi connectivity index (χ3v) is 4.17. The van der Waals surface area contributed by atoms with E-state index in [9.17, 15) is 0 Å². The van der Waals surface area contributed by atoms with Gasteiger partial charge in [-0.3, -0.25) is 4.98 Å². The lowest BCUT2D eigenvalue weighted by Gasteiger charge is -2.32. The van der Waals surface area contributed by atoms with Crippen LogP contribution in [-0.2, 0) is 0 Å². The highest BCUT2D eigenvalue weighted by Crippen LogP contribution is 2.30. The van der Waals surface area contributed by atoms with Crippen molar-refractivity contribution in [3.05, 3.63) is 29.3 Å². The summed E-state index contributed by atoms with van der Waals surface area (Å²) < 4.78 is 5.44. The molecule has 1 aliphatic rings. The largest absolute Gasteiger partial charge is 0.355 e. The molecule has 3 heterocycles. The van der Waals surface area contributed by atoms with Crippen molar-refractivity contribution < 1.29 is 4.52 Å². The number of aryl methyl sites for hydroxylation is 2. The topological polar surface area (TPSA) is 67.9 Å². The second kappa shape index (κ2) is 6.02. The highest BCUT2D eigenvalue weighted by atomic mass is 16.5. The van der Waals surface area contributed by atoms with Crippen molar-refractivity contribution in [3.8, 4) is 0 Å². The fraction of sp³-hybridized carbons (Fsp3) is 0.625. The van der Waals surface area contributed by atoms with Crippen LogP contribution in [0.15, 0.2) is 10.7 Å². The maximum atomic E-state index is 5.44. The van der Waals surface area contributed by atoms with E-state index in [2.05, 4.69) is 38.9 Å². The van der Waals surface area contributed by atoms with Crippen LogP contribution in [0.2, 0.25) is 0 Å². The van der Waals surface area contributed by atoms with E-state index in [1.807, 2.05) is 20.0 Å². The minimum Gasteiger partial charge on any atom is -0.355 e. The number of nitrogens with zero attached hydrogens (tertiary/aromatic N) is 5. The van der Waals surface area contributed by atoms with Crippen LogP contribution in [0.4, 0.5) is 5.82 Å². The van der Waals surface area contributed by atoms with Crippen molar-refractivity contribution in [2.24, 2.45) is 0 Å². The zero-order valence-corrected chi connectivity index (χ0v) is 13.7. The van der Waals surface area contributed by atoms with Crippen LogP contribution in [0.3, 0.4) is 0 Å². The lowest BCUT2D eigenvalue weighted by Crippen LogP contribution is -2.34. The standard InChI is InChI=1S/C16H23N5O/c1-10(2)14-19-16(22-20-14)13-5-7-21(8-6-13)15-12(4)17-9-11(3)18-15/h9-10,13H,5-8H2,1-4H3. The Bertz CT molecular complexity index is 644. The van der Waals surface area contributed by atoms with E-state index in [-0.39, 0.29) is 0 Å². The third-order valence-electron chi connectivity index (χ3n) is 4.17. The molecule has 2 aromatic rings. The molecule has 0 unspecified atom stereocenters. The molecule has 0 saturated carbocycles. The number of hydrogen-bond acceptors (Lipinski definition) is 6. The van der Waals surface area contributed by atoms with Gasteiger partial charge in [-0.2, -0.15) is 4.98 Å². The van der Waals surface area contributed by atoms with Gasteiger partial charge >= 0.3 is 0 Å². The van der Waals surface area contributed by atoms with Crippen LogP contribution >= 0.6 is 0 Å². The molecule has 6 nitrogen and oxygen atoms in total. The van der Waals surface area contributed by atoms with E-state index in [4.69, 9.17) is 4.52 Å². The maximum Gasteiger partial charge on any atom is 0.229 e. The summed E-state index contributed by atoms with van der Waals surface area (Å²) in [5, 5.41) is 4.07. The summed E-state index contributed by atoms with van der Waals surface area (Å²) in [4.78, 5) is 15.9. The normalized spacial score (nSPS) is 16.5. The third kappa shape index (κ3) is 2.96. The molecule has 2 aromatic heterocycles. The molecule has 0 bridgehead atoms. The first-order valence-corrected chi connectivity index (χ1v) is 7.93. The average molecular weight is 301 g/mol. The number of hydrogen-bond donors (Lipinski definition) is 0. The van der Waals surface area contributed by atoms with E-state index < -0.39 is 0 Å². The maximum absolute atomic E-state index is 5.44. The second-order valence-electron chi connectivity index (χ2n) is 6.33. The van der Waals surface area contributed by atoms with Crippen LogP contribution < -0.4 is 4.90 Å². The van der Waals surface area contributed by atoms with Gasteiger partial charge < -0.3 is 9.42 Å². The SMILES string of the molecule is Cc1cnc(C)c(N2CCC(c3nc(C(C)C)no3)CC2)n1. The van der Waals surface area contributed by atoms with Crippen LogP contribution in [0.1, 0.15) is 61.6 Å². The van der Waals surface area contributed by atoms with E-state index in [0.29, 0.717) is 11.8 Å². The van der Waals surface area contributed by atoms with E-state index in [0.717, 1.165) is 54.9 Å². The van der Waals surface area contributed by atoms with Gasteiger partial charge in [0.15, 0.2) is 5.82 Å². The molecule has 3 rings (SSSR count). The number of rotatable bonds is 3. The van der Waals surface area contributed by atoms with Gasteiger partial charge in [0.1, 0.15) is 5.82 Å². The minimum absolute atomic E-state index is 0.308. The molecule has 0 atom stereocenters. The summed E-state index contributed by atoms with van der Waals surface area (Å²) >= 11 is 0. The Balaban J connectivity index is 1.68. The zero-order chi connectivity index (χ0) is 15.7. The van der Waals surface area contributed by atoms with Crippen molar-refractivity contribution in [1.82, 2.24) is 20.1 Å². The van der Waals surface area contributed by atoms with E-state index in [1.54, 1.807) is 0 Å². The molecule has 0 amide bonds. The molecule has 0 aliphatic carbocycles. The van der Waals surface area contributed by atoms with Crippen LogP contribution in [-0.4, -0.2) is 33.2 Å². The first-order chi connectivity index (χ1) is 10.5. The molecule has 1 saturated heterocycles. The predicted molar refractivity (Wildman–Crippen MR) is 84.1 cm³/mol. The Kier molecular flexibility index (Phi) is 4.09. The molecule has 1 fully saturated rings. The summed E-state index contributed by atoms with van der Waals surface area (Å²) in [6, 6.07) is 0. The van der Waals surface area contributed by atoms with Crippen molar-refractivity contribution in [2.45, 2.75) is 52.4 Å². The van der Waals surface area contributed by atoms with Crippen molar-refractivity contribution >= 4 is 5.82 Å². The first-order valence-electron chi connectivity index (χ1n) is 7.93. The summed E-state index contributed by atoms with van der Waals surface area (Å²) in [7, 11) is 0. The van der Waals surface area contributed by atoms with Gasteiger partial charge in [0, 0.05) is 31.1 Å². The molecule has 118 valence electrons. The molecule has 22 heavy (non-hydrogen) atoms. The van der Waals surface area contributed by atoms with Crippen LogP contribution in [0.5, 0.6) is 0 Å². The van der Waals surface area contributed by atoms with Crippen molar-refractivity contribution in [2.75, 3.05) is 18.0 Å². The molecule has 1 aliphatic heterocycles. The molecule has 6 heteroatoms. The molecular formula is C16H23N5O. The van der Waals surface area contributed by atoms with Gasteiger partial charge in [0.2, 0.25) is 5.89 Å². The monoisotopic (exact) mass is 301 g/mol. The van der Waals surface area contributed by atoms with Crippen molar-refractivity contribution in [1.29, 1.82) is 0 Å². The summed E-state index contributed by atoms with van der Waals surface area (Å²) in [6.45, 7) is 10.0. The molecular weight excluding hydrogens is 278 g/mol. The number of aromatic nitrogens is 4. The average Bonchev–Trinajstić information content (AvgIpc) is 3.00. The Labute approximate surface area is 131 Å². The molecule has 0 N–H and O–H groups in total. The fourth-order valence-corrected chi connectivity index (χ4v) is 2.81. The van der Waals surface area contributed by atoms with Crippen molar-refractivity contribution in [3.63, 3.8) is 0 Å². The smallest absolute Gasteiger partial charge is 0.229 e. The highest BCUT2D eigenvalue weighted by molar-refractivity contribution is 5.43. The van der Waals surface area contributed by atoms with Gasteiger partial charge in [-0.1, -0.05) is 19.0 Å². The zero-order valence-electron chi connectivity index (χ0n) is 13.7. The number of piperidine rings is 1. The van der Waals surface area contributed by atoms with Gasteiger partial charge in [-0.05, 0) is 26.7 Å². The van der Waals surface area contributed by atoms with E-state index >= 15 is 0 Å². The van der Waals surface area contributed by atoms with Gasteiger partial charge in [-0.25, -0.2) is 4.98 Å². The molecule has 0 spiro atoms.